The minimum absolute atomic E-state index is 0.604. The first kappa shape index (κ1) is 37.5. The van der Waals surface area contributed by atoms with Crippen LogP contribution in [0.3, 0.4) is 0 Å². The van der Waals surface area contributed by atoms with Crippen molar-refractivity contribution in [1.29, 1.82) is 0 Å². The lowest BCUT2D eigenvalue weighted by molar-refractivity contribution is 0.769. The molecule has 11 rings (SSSR count). The molecule has 0 amide bonds. The number of benzene rings is 9. The van der Waals surface area contributed by atoms with Gasteiger partial charge in [0.05, 0.1) is 23.4 Å². The quantitative estimate of drug-likeness (QED) is 0.143. The second-order valence-corrected chi connectivity index (χ2v) is 16.0. The van der Waals surface area contributed by atoms with Crippen molar-refractivity contribution in [3.8, 4) is 78.4 Å². The summed E-state index contributed by atoms with van der Waals surface area (Å²) in [5.74, 6) is 0.663. The van der Waals surface area contributed by atoms with E-state index in [0.29, 0.717) is 11.5 Å². The van der Waals surface area contributed by atoms with Gasteiger partial charge in [0.1, 0.15) is 0 Å². The van der Waals surface area contributed by atoms with Crippen molar-refractivity contribution in [2.24, 2.45) is 0 Å². The predicted octanol–water partition coefficient (Wildman–Crippen LogP) is 15.4. The highest BCUT2D eigenvalue weighted by atomic mass is 14.9. The van der Waals surface area contributed by atoms with Gasteiger partial charge in [-0.1, -0.05) is 224 Å². The molecule has 0 radical (unpaired) electrons. The largest absolute Gasteiger partial charge is 0.238 e. The highest BCUT2D eigenvalue weighted by Gasteiger charge is 2.46. The zero-order valence-corrected chi connectivity index (χ0v) is 34.4. The topological polar surface area (TPSA) is 30.1 Å². The third-order valence-electron chi connectivity index (χ3n) is 12.5. The minimum atomic E-state index is -0.604. The van der Waals surface area contributed by atoms with Gasteiger partial charge in [0.15, 0.2) is 11.5 Å². The average Bonchev–Trinajstić information content (AvgIpc) is 3.68. The van der Waals surface area contributed by atoms with Crippen LogP contribution in [0.15, 0.2) is 237 Å². The Morgan fingerprint density at radius 1 is 0.333 bits per heavy atom. The van der Waals surface area contributed by atoms with Crippen LogP contribution in [0.5, 0.6) is 0 Å². The number of hydrogen-bond donors (Lipinski definition) is 0. The van der Waals surface area contributed by atoms with Gasteiger partial charge in [-0.3, -0.25) is 0 Å². The highest BCUT2D eigenvalue weighted by molar-refractivity contribution is 5.95. The molecule has 10 aromatic rings. The first-order valence-electron chi connectivity index (χ1n) is 21.3. The van der Waals surface area contributed by atoms with Gasteiger partial charge in [-0.25, -0.2) is 14.8 Å². The van der Waals surface area contributed by atoms with Gasteiger partial charge in [0, 0.05) is 16.7 Å². The molecule has 63 heavy (non-hydrogen) atoms. The maximum atomic E-state index is 8.18. The van der Waals surface area contributed by atoms with E-state index in [1.165, 1.54) is 27.8 Å². The molecule has 0 atom stereocenters. The van der Waals surface area contributed by atoms with Crippen LogP contribution in [0.1, 0.15) is 22.3 Å². The number of aromatic nitrogens is 2. The van der Waals surface area contributed by atoms with E-state index in [2.05, 4.69) is 217 Å². The molecule has 0 bridgehead atoms. The second-order valence-electron chi connectivity index (χ2n) is 16.0. The molecule has 1 aliphatic carbocycles. The summed E-state index contributed by atoms with van der Waals surface area (Å²) in [6.07, 6.45) is 0. The van der Waals surface area contributed by atoms with Gasteiger partial charge in [-0.15, -0.1) is 0 Å². The van der Waals surface area contributed by atoms with Crippen molar-refractivity contribution in [3.63, 3.8) is 0 Å². The van der Waals surface area contributed by atoms with E-state index in [0.717, 1.165) is 67.0 Å². The van der Waals surface area contributed by atoms with E-state index in [9.17, 15) is 0 Å². The molecule has 9 aromatic carbocycles. The molecule has 1 aromatic heterocycles. The number of nitrogens with zero attached hydrogens (tertiary/aromatic N) is 3. The summed E-state index contributed by atoms with van der Waals surface area (Å²) in [4.78, 5) is 14.4. The summed E-state index contributed by atoms with van der Waals surface area (Å²) < 4.78 is 0. The van der Waals surface area contributed by atoms with E-state index in [4.69, 9.17) is 16.5 Å². The molecule has 1 heterocycles. The van der Waals surface area contributed by atoms with Gasteiger partial charge in [0.25, 0.3) is 0 Å². The zero-order valence-electron chi connectivity index (χ0n) is 34.4. The van der Waals surface area contributed by atoms with Gasteiger partial charge >= 0.3 is 0 Å². The van der Waals surface area contributed by atoms with Crippen LogP contribution < -0.4 is 0 Å². The van der Waals surface area contributed by atoms with E-state index in [1.54, 1.807) is 0 Å². The van der Waals surface area contributed by atoms with Gasteiger partial charge < -0.3 is 0 Å². The van der Waals surface area contributed by atoms with Crippen LogP contribution in [-0.2, 0) is 5.41 Å². The molecule has 0 saturated carbocycles. The summed E-state index contributed by atoms with van der Waals surface area (Å²) in [6.45, 7) is 8.18. The number of rotatable bonds is 8. The van der Waals surface area contributed by atoms with Crippen LogP contribution in [-0.4, -0.2) is 9.97 Å². The molecule has 3 nitrogen and oxygen atoms in total. The SMILES string of the molecule is [C-]#[N+]c1cccc2c1-c1ccc(-c3ccc(-c4nc(-c5ccc(-c6ccccc6)cc5)cc(-c5ccc(-c6ccccc6)cc5)n4)cc3)cc1C2(c1ccccc1)c1ccccc1. The van der Waals surface area contributed by atoms with E-state index in [1.807, 2.05) is 24.3 Å². The summed E-state index contributed by atoms with van der Waals surface area (Å²) >= 11 is 0. The Labute approximate surface area is 368 Å². The number of hydrogen-bond acceptors (Lipinski definition) is 2. The molecule has 0 N–H and O–H groups in total. The fraction of sp³-hybridized carbons (Fsp3) is 0.0167. The summed E-state index contributed by atoms with van der Waals surface area (Å²) in [6, 6.07) is 83.2. The molecule has 0 fully saturated rings. The first-order valence-corrected chi connectivity index (χ1v) is 21.3. The molecule has 0 saturated heterocycles. The normalized spacial score (nSPS) is 12.2. The van der Waals surface area contributed by atoms with E-state index < -0.39 is 5.41 Å². The zero-order chi connectivity index (χ0) is 42.2. The van der Waals surface area contributed by atoms with Gasteiger partial charge in [-0.05, 0) is 78.9 Å². The Bertz CT molecular complexity index is 3140. The lowest BCUT2D eigenvalue weighted by Crippen LogP contribution is -2.28. The first-order chi connectivity index (χ1) is 31.2. The van der Waals surface area contributed by atoms with Crippen LogP contribution >= 0.6 is 0 Å². The van der Waals surface area contributed by atoms with Gasteiger partial charge in [-0.2, -0.15) is 0 Å². The van der Waals surface area contributed by atoms with Crippen molar-refractivity contribution >= 4 is 5.69 Å². The van der Waals surface area contributed by atoms with Crippen molar-refractivity contribution in [3.05, 3.63) is 270 Å². The Balaban J connectivity index is 1.01. The molecule has 1 aliphatic rings. The fourth-order valence-electron chi connectivity index (χ4n) is 9.40. The lowest BCUT2D eigenvalue weighted by Gasteiger charge is -2.34. The molecule has 3 heteroatoms. The van der Waals surface area contributed by atoms with Crippen LogP contribution in [0.25, 0.3) is 83.3 Å². The van der Waals surface area contributed by atoms with Crippen LogP contribution in [0.4, 0.5) is 5.69 Å². The van der Waals surface area contributed by atoms with Crippen LogP contribution in [0, 0.1) is 6.57 Å². The molecular formula is C60H39N3. The predicted molar refractivity (Wildman–Crippen MR) is 258 cm³/mol. The van der Waals surface area contributed by atoms with Crippen molar-refractivity contribution in [2.75, 3.05) is 0 Å². The van der Waals surface area contributed by atoms with E-state index >= 15 is 0 Å². The van der Waals surface area contributed by atoms with Crippen LogP contribution in [0.2, 0.25) is 0 Å². The lowest BCUT2D eigenvalue weighted by atomic mass is 9.67. The smallest absolute Gasteiger partial charge is 0.195 e. The molecule has 294 valence electrons. The summed E-state index contributed by atoms with van der Waals surface area (Å²) in [5, 5.41) is 0. The maximum Gasteiger partial charge on any atom is 0.195 e. The highest BCUT2D eigenvalue weighted by Crippen LogP contribution is 2.59. The van der Waals surface area contributed by atoms with E-state index in [-0.39, 0.29) is 0 Å². The van der Waals surface area contributed by atoms with Crippen molar-refractivity contribution < 1.29 is 0 Å². The third kappa shape index (κ3) is 6.63. The monoisotopic (exact) mass is 801 g/mol. The standard InChI is InChI=1S/C60H39N3/c1-61-55-24-14-23-53-58(55)52-38-37-49(39-54(52)60(53,50-19-10-4-11-20-50)51-21-12-5-13-22-51)45-29-35-48(36-30-45)59-62-56(46-31-25-43(26-32-46)41-15-6-2-7-16-41)40-57(63-59)47-33-27-44(28-34-47)42-17-8-3-9-18-42/h2-40H. The Kier molecular flexibility index (Phi) is 9.45. The Morgan fingerprint density at radius 3 is 1.24 bits per heavy atom. The van der Waals surface area contributed by atoms with Crippen molar-refractivity contribution in [2.45, 2.75) is 5.41 Å². The second kappa shape index (κ2) is 15.9. The third-order valence-corrected chi connectivity index (χ3v) is 12.5. The Hall–Kier alpha value is -8.45. The Morgan fingerprint density at radius 2 is 0.746 bits per heavy atom. The number of fused-ring (bicyclic) bond motifs is 3. The molecular weight excluding hydrogens is 763 g/mol. The summed E-state index contributed by atoms with van der Waals surface area (Å²) in [5.41, 5.74) is 18.4. The van der Waals surface area contributed by atoms with Gasteiger partial charge in [0.2, 0.25) is 0 Å². The summed E-state index contributed by atoms with van der Waals surface area (Å²) in [7, 11) is 0. The molecule has 0 spiro atoms. The minimum Gasteiger partial charge on any atom is -0.238 e. The molecule has 0 unspecified atom stereocenters. The average molecular weight is 802 g/mol. The fourth-order valence-corrected chi connectivity index (χ4v) is 9.40. The maximum absolute atomic E-state index is 8.18. The molecule has 0 aliphatic heterocycles. The van der Waals surface area contributed by atoms with Crippen molar-refractivity contribution in [1.82, 2.24) is 9.97 Å².